The van der Waals surface area contributed by atoms with E-state index < -0.39 is 24.0 Å². The Balaban J connectivity index is 1.88. The van der Waals surface area contributed by atoms with Crippen LogP contribution in [-0.2, 0) is 9.53 Å². The van der Waals surface area contributed by atoms with Gasteiger partial charge in [-0.25, -0.2) is 9.59 Å². The first-order chi connectivity index (χ1) is 13.4. The Morgan fingerprint density at radius 2 is 1.86 bits per heavy atom. The second-order valence-corrected chi connectivity index (χ2v) is 6.64. The first-order valence-electron chi connectivity index (χ1n) is 9.57. The summed E-state index contributed by atoms with van der Waals surface area (Å²) < 4.78 is 15.8. The van der Waals surface area contributed by atoms with Crippen molar-refractivity contribution in [3.63, 3.8) is 0 Å². The lowest BCUT2D eigenvalue weighted by Crippen LogP contribution is -2.48. The number of hydrogen-bond acceptors (Lipinski definition) is 6. The third-order valence-electron chi connectivity index (χ3n) is 4.53. The van der Waals surface area contributed by atoms with E-state index in [0.717, 1.165) is 25.7 Å². The van der Waals surface area contributed by atoms with E-state index >= 15 is 0 Å². The van der Waals surface area contributed by atoms with Crippen molar-refractivity contribution in [3.05, 3.63) is 23.8 Å². The number of ether oxygens (including phenoxy) is 3. The average Bonchev–Trinajstić information content (AvgIpc) is 2.69. The molecule has 1 unspecified atom stereocenters. The molecule has 154 valence electrons. The fraction of sp³-hybridized carbons (Fsp3) is 0.550. The minimum absolute atomic E-state index is 0.0794. The number of carbonyl (C=O) groups is 3. The van der Waals surface area contributed by atoms with Gasteiger partial charge in [0.05, 0.1) is 19.3 Å². The molecule has 1 aliphatic carbocycles. The average molecular weight is 392 g/mol. The van der Waals surface area contributed by atoms with Crippen LogP contribution in [0, 0.1) is 0 Å². The molecule has 0 spiro atoms. The van der Waals surface area contributed by atoms with Crippen LogP contribution in [0.2, 0.25) is 0 Å². The predicted octanol–water partition coefficient (Wildman–Crippen LogP) is 2.80. The fourth-order valence-electron chi connectivity index (χ4n) is 3.03. The van der Waals surface area contributed by atoms with Crippen LogP contribution in [0.25, 0.3) is 0 Å². The third-order valence-corrected chi connectivity index (χ3v) is 4.53. The summed E-state index contributed by atoms with van der Waals surface area (Å²) in [5.41, 5.74) is 0.214. The maximum atomic E-state index is 12.3. The number of esters is 1. The van der Waals surface area contributed by atoms with Gasteiger partial charge in [0.2, 0.25) is 0 Å². The number of rotatable bonds is 7. The molecule has 0 radical (unpaired) electrons. The Morgan fingerprint density at radius 1 is 1.14 bits per heavy atom. The maximum absolute atomic E-state index is 12.3. The molecule has 1 saturated carbocycles. The molecule has 1 atom stereocenters. The smallest absolute Gasteiger partial charge is 0.339 e. The number of imide groups is 1. The Hall–Kier alpha value is -2.77. The van der Waals surface area contributed by atoms with Crippen molar-refractivity contribution in [2.75, 3.05) is 13.7 Å². The molecule has 2 N–H and O–H groups in total. The quantitative estimate of drug-likeness (QED) is 0.692. The standard InChI is InChI=1S/C20H28N2O6/c1-4-27-16-11-10-14(12-17(16)26-3)19(24)28-13(2)18(23)22-20(25)21-15-8-6-5-7-9-15/h10-13,15H,4-9H2,1-3H3,(H2,21,22,23,25). The number of methoxy groups -OCH3 is 1. The van der Waals surface area contributed by atoms with E-state index in [0.29, 0.717) is 18.1 Å². The number of urea groups is 1. The summed E-state index contributed by atoms with van der Waals surface area (Å²) in [6.07, 6.45) is 4.00. The maximum Gasteiger partial charge on any atom is 0.339 e. The van der Waals surface area contributed by atoms with Crippen LogP contribution in [0.5, 0.6) is 11.5 Å². The first-order valence-corrected chi connectivity index (χ1v) is 9.57. The molecule has 3 amide bonds. The summed E-state index contributed by atoms with van der Waals surface area (Å²) in [5, 5.41) is 5.00. The van der Waals surface area contributed by atoms with Gasteiger partial charge >= 0.3 is 12.0 Å². The van der Waals surface area contributed by atoms with Crippen molar-refractivity contribution in [1.82, 2.24) is 10.6 Å². The van der Waals surface area contributed by atoms with Gasteiger partial charge in [-0.3, -0.25) is 10.1 Å². The Bertz CT molecular complexity index is 700. The number of hydrogen-bond donors (Lipinski definition) is 2. The molecule has 1 aromatic rings. The molecule has 0 aliphatic heterocycles. The van der Waals surface area contributed by atoms with E-state index in [1.165, 1.54) is 32.6 Å². The Labute approximate surface area is 164 Å². The lowest BCUT2D eigenvalue weighted by atomic mass is 9.96. The molecule has 2 rings (SSSR count). The van der Waals surface area contributed by atoms with Crippen molar-refractivity contribution in [3.8, 4) is 11.5 Å². The zero-order valence-corrected chi connectivity index (χ0v) is 16.6. The summed E-state index contributed by atoms with van der Waals surface area (Å²) in [7, 11) is 1.47. The minimum Gasteiger partial charge on any atom is -0.493 e. The number of carbonyl (C=O) groups excluding carboxylic acids is 3. The Kier molecular flexibility index (Phi) is 8.10. The molecule has 1 fully saturated rings. The molecular weight excluding hydrogens is 364 g/mol. The molecule has 0 bridgehead atoms. The van der Waals surface area contributed by atoms with Crippen molar-refractivity contribution in [2.24, 2.45) is 0 Å². The van der Waals surface area contributed by atoms with E-state index in [4.69, 9.17) is 14.2 Å². The second-order valence-electron chi connectivity index (χ2n) is 6.64. The van der Waals surface area contributed by atoms with Crippen LogP contribution < -0.4 is 20.1 Å². The fourth-order valence-corrected chi connectivity index (χ4v) is 3.03. The van der Waals surface area contributed by atoms with Crippen LogP contribution >= 0.6 is 0 Å². The lowest BCUT2D eigenvalue weighted by molar-refractivity contribution is -0.127. The van der Waals surface area contributed by atoms with Gasteiger partial charge in [0.1, 0.15) is 0 Å². The van der Waals surface area contributed by atoms with Crippen LogP contribution in [0.1, 0.15) is 56.3 Å². The molecule has 8 heteroatoms. The summed E-state index contributed by atoms with van der Waals surface area (Å²) in [4.78, 5) is 36.4. The highest BCUT2D eigenvalue weighted by Crippen LogP contribution is 2.28. The zero-order valence-electron chi connectivity index (χ0n) is 16.6. The first kappa shape index (κ1) is 21.5. The van der Waals surface area contributed by atoms with E-state index in [2.05, 4.69) is 10.6 Å². The minimum atomic E-state index is -1.12. The van der Waals surface area contributed by atoms with Gasteiger partial charge in [-0.05, 0) is 44.9 Å². The van der Waals surface area contributed by atoms with Crippen molar-refractivity contribution in [2.45, 2.75) is 58.1 Å². The topological polar surface area (TPSA) is 103 Å². The number of amides is 3. The van der Waals surface area contributed by atoms with Gasteiger partial charge in [0, 0.05) is 6.04 Å². The van der Waals surface area contributed by atoms with Crippen LogP contribution in [-0.4, -0.2) is 43.8 Å². The van der Waals surface area contributed by atoms with E-state index in [1.807, 2.05) is 6.92 Å². The Morgan fingerprint density at radius 3 is 2.50 bits per heavy atom. The molecule has 1 aliphatic rings. The van der Waals surface area contributed by atoms with Crippen molar-refractivity contribution < 1.29 is 28.6 Å². The van der Waals surface area contributed by atoms with Crippen LogP contribution in [0.4, 0.5) is 4.79 Å². The van der Waals surface area contributed by atoms with Gasteiger partial charge in [-0.2, -0.15) is 0 Å². The summed E-state index contributed by atoms with van der Waals surface area (Å²) in [6, 6.07) is 4.11. The molecule has 28 heavy (non-hydrogen) atoms. The molecule has 0 heterocycles. The largest absolute Gasteiger partial charge is 0.493 e. The van der Waals surface area contributed by atoms with Gasteiger partial charge in [-0.1, -0.05) is 19.3 Å². The van der Waals surface area contributed by atoms with Gasteiger partial charge in [-0.15, -0.1) is 0 Å². The van der Waals surface area contributed by atoms with Gasteiger partial charge < -0.3 is 19.5 Å². The molecule has 8 nitrogen and oxygen atoms in total. The summed E-state index contributed by atoms with van der Waals surface area (Å²) >= 11 is 0. The molecule has 0 aromatic heterocycles. The summed E-state index contributed by atoms with van der Waals surface area (Å²) in [5.74, 6) is -0.483. The summed E-state index contributed by atoms with van der Waals surface area (Å²) in [6.45, 7) is 3.71. The molecular formula is C20H28N2O6. The number of benzene rings is 1. The van der Waals surface area contributed by atoms with Crippen LogP contribution in [0.3, 0.4) is 0 Å². The van der Waals surface area contributed by atoms with E-state index in [1.54, 1.807) is 6.07 Å². The molecule has 1 aromatic carbocycles. The second kappa shape index (κ2) is 10.5. The number of nitrogens with one attached hydrogen (secondary N) is 2. The van der Waals surface area contributed by atoms with Crippen LogP contribution in [0.15, 0.2) is 18.2 Å². The monoisotopic (exact) mass is 392 g/mol. The lowest BCUT2D eigenvalue weighted by Gasteiger charge is -2.23. The van der Waals surface area contributed by atoms with Crippen molar-refractivity contribution in [1.29, 1.82) is 0 Å². The van der Waals surface area contributed by atoms with E-state index in [9.17, 15) is 14.4 Å². The SMILES string of the molecule is CCOc1ccc(C(=O)OC(C)C(=O)NC(=O)NC2CCCCC2)cc1OC. The highest BCUT2D eigenvalue weighted by molar-refractivity contribution is 5.98. The third kappa shape index (κ3) is 6.14. The highest BCUT2D eigenvalue weighted by Gasteiger charge is 2.23. The van der Waals surface area contributed by atoms with Gasteiger partial charge in [0.25, 0.3) is 5.91 Å². The van der Waals surface area contributed by atoms with E-state index in [-0.39, 0.29) is 11.6 Å². The normalized spacial score (nSPS) is 15.2. The zero-order chi connectivity index (χ0) is 20.5. The van der Waals surface area contributed by atoms with Crippen molar-refractivity contribution >= 4 is 17.9 Å². The highest BCUT2D eigenvalue weighted by atomic mass is 16.5. The molecule has 0 saturated heterocycles. The van der Waals surface area contributed by atoms with Gasteiger partial charge in [0.15, 0.2) is 17.6 Å². The predicted molar refractivity (Wildman–Crippen MR) is 103 cm³/mol.